The van der Waals surface area contributed by atoms with Crippen molar-refractivity contribution in [1.82, 2.24) is 4.98 Å². The minimum Gasteiger partial charge on any atom is -0.451 e. The van der Waals surface area contributed by atoms with Crippen molar-refractivity contribution in [3.05, 3.63) is 21.7 Å². The van der Waals surface area contributed by atoms with Gasteiger partial charge in [0.25, 0.3) is 0 Å². The van der Waals surface area contributed by atoms with Crippen LogP contribution in [0.3, 0.4) is 0 Å². The van der Waals surface area contributed by atoms with Crippen molar-refractivity contribution < 1.29 is 19.2 Å². The molecule has 126 valence electrons. The molecule has 6 nitrogen and oxygen atoms in total. The van der Waals surface area contributed by atoms with E-state index >= 15 is 0 Å². The molecular weight excluding hydrogens is 328 g/mol. The van der Waals surface area contributed by atoms with Crippen LogP contribution in [-0.2, 0) is 19.2 Å². The zero-order valence-electron chi connectivity index (χ0n) is 13.8. The molecule has 7 heteroatoms. The quantitative estimate of drug-likeness (QED) is 0.354. The van der Waals surface area contributed by atoms with Crippen LogP contribution in [0.2, 0.25) is 0 Å². The fourth-order valence-electron chi connectivity index (χ4n) is 2.22. The molecular formula is C17H18N2O4S. The lowest BCUT2D eigenvalue weighted by molar-refractivity contribution is -0.144. The smallest absolute Gasteiger partial charge is 0.334 e. The first-order chi connectivity index (χ1) is 11.5. The van der Waals surface area contributed by atoms with Gasteiger partial charge in [0.15, 0.2) is 11.1 Å². The number of esters is 1. The second-order valence-corrected chi connectivity index (χ2v) is 6.00. The van der Waals surface area contributed by atoms with E-state index in [1.54, 1.807) is 13.8 Å². The Bertz CT molecular complexity index is 755. The molecule has 0 amide bonds. The number of carbonyl (C=O) groups excluding carboxylic acids is 2. The maximum absolute atomic E-state index is 11.7. The van der Waals surface area contributed by atoms with Crippen molar-refractivity contribution in [3.8, 4) is 12.3 Å². The summed E-state index contributed by atoms with van der Waals surface area (Å²) in [7, 11) is 0. The number of thiazole rings is 1. The summed E-state index contributed by atoms with van der Waals surface area (Å²) in [4.78, 5) is 32.3. The summed E-state index contributed by atoms with van der Waals surface area (Å²) in [5, 5.41) is 6.33. The molecule has 1 aromatic heterocycles. The summed E-state index contributed by atoms with van der Waals surface area (Å²) in [5.41, 5.74) is 2.90. The number of nitrogens with zero attached hydrogens (tertiary/aromatic N) is 2. The molecule has 24 heavy (non-hydrogen) atoms. The van der Waals surface area contributed by atoms with Crippen LogP contribution < -0.4 is 0 Å². The van der Waals surface area contributed by atoms with Gasteiger partial charge >= 0.3 is 11.9 Å². The Labute approximate surface area is 144 Å². The van der Waals surface area contributed by atoms with E-state index in [2.05, 4.69) is 16.1 Å². The molecule has 0 aliphatic heterocycles. The number of rotatable bonds is 5. The van der Waals surface area contributed by atoms with Crippen molar-refractivity contribution in [2.24, 2.45) is 5.16 Å². The van der Waals surface area contributed by atoms with Crippen LogP contribution in [0.5, 0.6) is 0 Å². The van der Waals surface area contributed by atoms with Crippen molar-refractivity contribution in [1.29, 1.82) is 0 Å². The number of ether oxygens (including phenoxy) is 1. The van der Waals surface area contributed by atoms with Gasteiger partial charge in [-0.25, -0.2) is 9.78 Å². The minimum absolute atomic E-state index is 0.215. The summed E-state index contributed by atoms with van der Waals surface area (Å²) in [6.45, 7) is 5.24. The van der Waals surface area contributed by atoms with Gasteiger partial charge in [-0.2, -0.15) is 0 Å². The fraction of sp³-hybridized carbons (Fsp3) is 0.412. The minimum atomic E-state index is -0.645. The summed E-state index contributed by atoms with van der Waals surface area (Å²) < 4.78 is 5.45. The molecule has 0 bridgehead atoms. The predicted octanol–water partition coefficient (Wildman–Crippen LogP) is 2.93. The third-order valence-corrected chi connectivity index (χ3v) is 4.33. The normalized spacial score (nSPS) is 18.6. The lowest BCUT2D eigenvalue weighted by atomic mass is 10.1. The van der Waals surface area contributed by atoms with Gasteiger partial charge in [-0.05, 0) is 24.0 Å². The zero-order valence-corrected chi connectivity index (χ0v) is 14.6. The average molecular weight is 346 g/mol. The summed E-state index contributed by atoms with van der Waals surface area (Å²) in [6, 6.07) is 0. The second kappa shape index (κ2) is 7.88. The molecule has 0 N–H and O–H groups in total. The maximum Gasteiger partial charge on any atom is 0.334 e. The summed E-state index contributed by atoms with van der Waals surface area (Å²) >= 11 is 1.37. The number of hydrogen-bond donors (Lipinski definition) is 0. The molecule has 1 aromatic rings. The van der Waals surface area contributed by atoms with Crippen LogP contribution >= 0.6 is 11.3 Å². The molecule has 1 aliphatic carbocycles. The van der Waals surface area contributed by atoms with Crippen LogP contribution in [0.4, 0.5) is 0 Å². The standard InChI is InChI=1S/C17H18N2O4S/c1-5-14-18-13(9-24-14)11-8-12(19-23-16(21)7-3)17(10(11)4)22-15(20)6-2/h1,9,17H,6-8H2,2-4H3/b19-12+. The van der Waals surface area contributed by atoms with Crippen molar-refractivity contribution in [2.45, 2.75) is 46.1 Å². The Morgan fingerprint density at radius 2 is 2.12 bits per heavy atom. The summed E-state index contributed by atoms with van der Waals surface area (Å²) in [5.74, 6) is 1.70. The zero-order chi connectivity index (χ0) is 17.7. The molecule has 0 saturated heterocycles. The van der Waals surface area contributed by atoms with Gasteiger partial charge in [0, 0.05) is 24.6 Å². The van der Waals surface area contributed by atoms with E-state index in [9.17, 15) is 9.59 Å². The molecule has 2 rings (SSSR count). The van der Waals surface area contributed by atoms with Crippen molar-refractivity contribution in [3.63, 3.8) is 0 Å². The lowest BCUT2D eigenvalue weighted by Crippen LogP contribution is -2.24. The molecule has 1 aliphatic rings. The van der Waals surface area contributed by atoms with Gasteiger partial charge in [0.2, 0.25) is 0 Å². The highest BCUT2D eigenvalue weighted by Gasteiger charge is 2.34. The molecule has 0 spiro atoms. The van der Waals surface area contributed by atoms with Crippen LogP contribution in [-0.4, -0.2) is 28.7 Å². The number of oxime groups is 1. The van der Waals surface area contributed by atoms with E-state index < -0.39 is 12.1 Å². The first kappa shape index (κ1) is 17.9. The van der Waals surface area contributed by atoms with Gasteiger partial charge in [0.05, 0.1) is 5.69 Å². The number of terminal acetylenes is 1. The van der Waals surface area contributed by atoms with E-state index in [-0.39, 0.29) is 18.8 Å². The first-order valence-electron chi connectivity index (χ1n) is 7.58. The Kier molecular flexibility index (Phi) is 5.88. The monoisotopic (exact) mass is 346 g/mol. The third kappa shape index (κ3) is 3.89. The highest BCUT2D eigenvalue weighted by Crippen LogP contribution is 2.34. The summed E-state index contributed by atoms with van der Waals surface area (Å²) in [6.07, 6.45) is 5.57. The van der Waals surface area contributed by atoms with Gasteiger partial charge in [-0.1, -0.05) is 19.0 Å². The van der Waals surface area contributed by atoms with Crippen LogP contribution in [0, 0.1) is 12.3 Å². The van der Waals surface area contributed by atoms with E-state index in [1.165, 1.54) is 11.3 Å². The largest absolute Gasteiger partial charge is 0.451 e. The van der Waals surface area contributed by atoms with Crippen LogP contribution in [0.15, 0.2) is 16.1 Å². The Hall–Kier alpha value is -2.46. The topological polar surface area (TPSA) is 77.8 Å². The Balaban J connectivity index is 2.32. The van der Waals surface area contributed by atoms with Gasteiger partial charge in [-0.15, -0.1) is 17.8 Å². The number of hydrogen-bond acceptors (Lipinski definition) is 7. The first-order valence-corrected chi connectivity index (χ1v) is 8.46. The second-order valence-electron chi connectivity index (χ2n) is 5.14. The molecule has 1 unspecified atom stereocenters. The lowest BCUT2D eigenvalue weighted by Gasteiger charge is -2.14. The number of allylic oxidation sites excluding steroid dienone is 1. The van der Waals surface area contributed by atoms with Crippen LogP contribution in [0.25, 0.3) is 5.57 Å². The number of aromatic nitrogens is 1. The Morgan fingerprint density at radius 1 is 1.42 bits per heavy atom. The Morgan fingerprint density at radius 3 is 2.71 bits per heavy atom. The third-order valence-electron chi connectivity index (χ3n) is 3.56. The van der Waals surface area contributed by atoms with E-state index in [0.29, 0.717) is 17.1 Å². The molecule has 0 fully saturated rings. The predicted molar refractivity (Wildman–Crippen MR) is 91.2 cm³/mol. The fourth-order valence-corrected chi connectivity index (χ4v) is 2.86. The SMILES string of the molecule is C#Cc1nc(C2=C(C)C(OC(=O)CC)/C(=N/OC(=O)CC)C2)cs1. The molecule has 0 radical (unpaired) electrons. The molecule has 1 heterocycles. The number of carbonyl (C=O) groups is 2. The molecule has 0 saturated carbocycles. The van der Waals surface area contributed by atoms with Crippen molar-refractivity contribution in [2.75, 3.05) is 0 Å². The van der Waals surface area contributed by atoms with E-state index in [0.717, 1.165) is 16.8 Å². The maximum atomic E-state index is 11.7. The van der Waals surface area contributed by atoms with Gasteiger partial charge < -0.3 is 9.57 Å². The molecule has 0 aromatic carbocycles. The van der Waals surface area contributed by atoms with Gasteiger partial charge in [-0.3, -0.25) is 4.79 Å². The van der Waals surface area contributed by atoms with Gasteiger partial charge in [0.1, 0.15) is 5.71 Å². The highest BCUT2D eigenvalue weighted by atomic mass is 32.1. The van der Waals surface area contributed by atoms with E-state index in [4.69, 9.17) is 16.0 Å². The van der Waals surface area contributed by atoms with E-state index in [1.807, 2.05) is 12.3 Å². The highest BCUT2D eigenvalue weighted by molar-refractivity contribution is 7.10. The van der Waals surface area contributed by atoms with Crippen molar-refractivity contribution >= 4 is 34.6 Å². The van der Waals surface area contributed by atoms with Crippen LogP contribution in [0.1, 0.15) is 50.7 Å². The molecule has 1 atom stereocenters. The average Bonchev–Trinajstić information content (AvgIpc) is 3.18.